The van der Waals surface area contributed by atoms with E-state index in [2.05, 4.69) is 25.0 Å². The molecule has 0 bridgehead atoms. The zero-order chi connectivity index (χ0) is 14.6. The predicted molar refractivity (Wildman–Crippen MR) is 66.0 cm³/mol. The molecule has 1 amide bonds. The Balaban J connectivity index is 2.86. The SMILES string of the molecule is COC(=O)C(C)NS(=O)(=O)c1nnc(NC(C)=O)s1. The van der Waals surface area contributed by atoms with Gasteiger partial charge in [-0.3, -0.25) is 9.59 Å². The van der Waals surface area contributed by atoms with E-state index in [1.165, 1.54) is 13.8 Å². The Labute approximate surface area is 113 Å². The molecule has 1 aromatic rings. The van der Waals surface area contributed by atoms with Gasteiger partial charge in [-0.25, -0.2) is 8.42 Å². The Bertz CT molecular complexity index is 582. The van der Waals surface area contributed by atoms with Gasteiger partial charge < -0.3 is 10.1 Å². The number of rotatable bonds is 5. The second-order valence-electron chi connectivity index (χ2n) is 3.42. The van der Waals surface area contributed by atoms with Crippen LogP contribution in [0, 0.1) is 0 Å². The van der Waals surface area contributed by atoms with E-state index in [0.29, 0.717) is 11.3 Å². The normalized spacial score (nSPS) is 12.8. The average Bonchev–Trinajstić information content (AvgIpc) is 2.75. The first-order chi connectivity index (χ1) is 8.76. The van der Waals surface area contributed by atoms with E-state index in [4.69, 9.17) is 0 Å². The molecule has 0 fully saturated rings. The lowest BCUT2D eigenvalue weighted by molar-refractivity contribution is -0.142. The number of hydrogen-bond donors (Lipinski definition) is 2. The molecular weight excluding hydrogens is 296 g/mol. The number of carbonyl (C=O) groups is 2. The molecular formula is C8H12N4O5S2. The molecule has 0 aliphatic rings. The molecule has 1 aromatic heterocycles. The number of hydrogen-bond acceptors (Lipinski definition) is 8. The van der Waals surface area contributed by atoms with E-state index >= 15 is 0 Å². The molecule has 0 aliphatic carbocycles. The van der Waals surface area contributed by atoms with Gasteiger partial charge in [0.1, 0.15) is 6.04 Å². The van der Waals surface area contributed by atoms with Crippen LogP contribution in [0.15, 0.2) is 4.34 Å². The first-order valence-electron chi connectivity index (χ1n) is 4.97. The molecule has 1 unspecified atom stereocenters. The van der Waals surface area contributed by atoms with Gasteiger partial charge in [0.05, 0.1) is 7.11 Å². The molecule has 106 valence electrons. The van der Waals surface area contributed by atoms with E-state index < -0.39 is 27.9 Å². The lowest BCUT2D eigenvalue weighted by Gasteiger charge is -2.09. The largest absolute Gasteiger partial charge is 0.468 e. The van der Waals surface area contributed by atoms with Crippen molar-refractivity contribution in [2.75, 3.05) is 12.4 Å². The number of ether oxygens (including phenoxy) is 1. The zero-order valence-corrected chi connectivity index (χ0v) is 12.0. The second-order valence-corrected chi connectivity index (χ2v) is 6.29. The van der Waals surface area contributed by atoms with Crippen molar-refractivity contribution < 1.29 is 22.7 Å². The highest BCUT2D eigenvalue weighted by Crippen LogP contribution is 2.19. The van der Waals surface area contributed by atoms with Crippen LogP contribution in [0.2, 0.25) is 0 Å². The van der Waals surface area contributed by atoms with Gasteiger partial charge in [0.15, 0.2) is 0 Å². The molecule has 0 aromatic carbocycles. The van der Waals surface area contributed by atoms with Crippen molar-refractivity contribution >= 4 is 38.4 Å². The number of aromatic nitrogens is 2. The van der Waals surface area contributed by atoms with Crippen LogP contribution in [0.1, 0.15) is 13.8 Å². The summed E-state index contributed by atoms with van der Waals surface area (Å²) >= 11 is 0.673. The number of nitrogens with one attached hydrogen (secondary N) is 2. The van der Waals surface area contributed by atoms with E-state index in [1.807, 2.05) is 0 Å². The van der Waals surface area contributed by atoms with Crippen molar-refractivity contribution in [1.29, 1.82) is 0 Å². The van der Waals surface area contributed by atoms with Gasteiger partial charge in [-0.05, 0) is 6.92 Å². The third kappa shape index (κ3) is 4.22. The van der Waals surface area contributed by atoms with Crippen LogP contribution in [-0.2, 0) is 24.3 Å². The molecule has 1 heterocycles. The minimum absolute atomic E-state index is 0.0543. The number of carbonyl (C=O) groups excluding carboxylic acids is 2. The summed E-state index contributed by atoms with van der Waals surface area (Å²) in [7, 11) is -2.84. The van der Waals surface area contributed by atoms with Gasteiger partial charge in [-0.15, -0.1) is 10.2 Å². The number of methoxy groups -OCH3 is 1. The number of amides is 1. The Morgan fingerprint density at radius 1 is 1.37 bits per heavy atom. The molecule has 0 saturated carbocycles. The summed E-state index contributed by atoms with van der Waals surface area (Å²) < 4.78 is 29.8. The molecule has 2 N–H and O–H groups in total. The van der Waals surface area contributed by atoms with Crippen LogP contribution in [0.5, 0.6) is 0 Å². The third-order valence-corrected chi connectivity index (χ3v) is 4.55. The molecule has 0 saturated heterocycles. The third-order valence-electron chi connectivity index (χ3n) is 1.81. The minimum atomic E-state index is -3.99. The summed E-state index contributed by atoms with van der Waals surface area (Å²) in [5.41, 5.74) is 0. The maximum Gasteiger partial charge on any atom is 0.323 e. The quantitative estimate of drug-likeness (QED) is 0.545. The van der Waals surface area contributed by atoms with Crippen molar-refractivity contribution in [1.82, 2.24) is 14.9 Å². The Morgan fingerprint density at radius 3 is 2.53 bits per heavy atom. The molecule has 1 rings (SSSR count). The fourth-order valence-corrected chi connectivity index (χ4v) is 3.18. The highest BCUT2D eigenvalue weighted by molar-refractivity contribution is 7.91. The Hall–Kier alpha value is -1.59. The summed E-state index contributed by atoms with van der Waals surface area (Å²) in [6.07, 6.45) is 0. The van der Waals surface area contributed by atoms with Crippen LogP contribution >= 0.6 is 11.3 Å². The summed E-state index contributed by atoms with van der Waals surface area (Å²) in [6, 6.07) is -1.05. The van der Waals surface area contributed by atoms with Gasteiger partial charge in [-0.2, -0.15) is 4.72 Å². The predicted octanol–water partition coefficient (Wildman–Crippen LogP) is -0.664. The average molecular weight is 308 g/mol. The first kappa shape index (κ1) is 15.5. The highest BCUT2D eigenvalue weighted by Gasteiger charge is 2.26. The maximum absolute atomic E-state index is 11.8. The summed E-state index contributed by atoms with van der Waals surface area (Å²) in [5.74, 6) is -1.12. The van der Waals surface area contributed by atoms with Gasteiger partial charge in [0.25, 0.3) is 10.0 Å². The molecule has 19 heavy (non-hydrogen) atoms. The molecule has 9 nitrogen and oxygen atoms in total. The van der Waals surface area contributed by atoms with Crippen molar-refractivity contribution in [2.45, 2.75) is 24.2 Å². The molecule has 1 atom stereocenters. The van der Waals surface area contributed by atoms with Gasteiger partial charge >= 0.3 is 5.97 Å². The number of nitrogens with zero attached hydrogens (tertiary/aromatic N) is 2. The van der Waals surface area contributed by atoms with Gasteiger partial charge in [-0.1, -0.05) is 11.3 Å². The van der Waals surface area contributed by atoms with Crippen molar-refractivity contribution in [3.05, 3.63) is 0 Å². The summed E-state index contributed by atoms with van der Waals surface area (Å²) in [5, 5.41) is 9.29. The van der Waals surface area contributed by atoms with Crippen LogP contribution < -0.4 is 10.0 Å². The van der Waals surface area contributed by atoms with E-state index in [0.717, 1.165) is 7.11 Å². The van der Waals surface area contributed by atoms with Crippen LogP contribution in [0.4, 0.5) is 5.13 Å². The lowest BCUT2D eigenvalue weighted by atomic mass is 10.4. The van der Waals surface area contributed by atoms with E-state index in [1.54, 1.807) is 0 Å². The van der Waals surface area contributed by atoms with Crippen LogP contribution in [-0.4, -0.2) is 43.6 Å². The van der Waals surface area contributed by atoms with Crippen molar-refractivity contribution in [2.24, 2.45) is 0 Å². The first-order valence-corrected chi connectivity index (χ1v) is 7.27. The Kier molecular flexibility index (Phi) is 4.91. The molecule has 0 aliphatic heterocycles. The number of sulfonamides is 1. The number of anilines is 1. The summed E-state index contributed by atoms with van der Waals surface area (Å²) in [6.45, 7) is 2.59. The fraction of sp³-hybridized carbons (Fsp3) is 0.500. The standard InChI is InChI=1S/C8H12N4O5S2/c1-4(6(14)17-3)12-19(15,16)8-11-10-7(18-8)9-5(2)13/h4,12H,1-3H3,(H,9,10,13). The van der Waals surface area contributed by atoms with Crippen molar-refractivity contribution in [3.8, 4) is 0 Å². The monoisotopic (exact) mass is 308 g/mol. The minimum Gasteiger partial charge on any atom is -0.468 e. The fourth-order valence-electron chi connectivity index (χ4n) is 1.03. The lowest BCUT2D eigenvalue weighted by Crippen LogP contribution is -2.39. The smallest absolute Gasteiger partial charge is 0.323 e. The van der Waals surface area contributed by atoms with Gasteiger partial charge in [0, 0.05) is 6.92 Å². The van der Waals surface area contributed by atoms with Crippen molar-refractivity contribution in [3.63, 3.8) is 0 Å². The summed E-state index contributed by atoms with van der Waals surface area (Å²) in [4.78, 5) is 21.9. The second kappa shape index (κ2) is 6.04. The van der Waals surface area contributed by atoms with Crippen LogP contribution in [0.3, 0.4) is 0 Å². The molecule has 0 radical (unpaired) electrons. The molecule has 11 heteroatoms. The highest BCUT2D eigenvalue weighted by atomic mass is 32.2. The Morgan fingerprint density at radius 2 is 2.00 bits per heavy atom. The molecule has 0 spiro atoms. The van der Waals surface area contributed by atoms with E-state index in [-0.39, 0.29) is 9.47 Å². The topological polar surface area (TPSA) is 127 Å². The van der Waals surface area contributed by atoms with E-state index in [9.17, 15) is 18.0 Å². The zero-order valence-electron chi connectivity index (χ0n) is 10.3. The van der Waals surface area contributed by atoms with Gasteiger partial charge in [0.2, 0.25) is 15.4 Å². The number of esters is 1. The maximum atomic E-state index is 11.8. The van der Waals surface area contributed by atoms with Crippen LogP contribution in [0.25, 0.3) is 0 Å².